The third kappa shape index (κ3) is 4.04. The highest BCUT2D eigenvalue weighted by Crippen LogP contribution is 2.20. The van der Waals surface area contributed by atoms with Crippen molar-refractivity contribution in [1.29, 1.82) is 0 Å². The lowest BCUT2D eigenvalue weighted by molar-refractivity contribution is -0.132. The number of nitrogens with zero attached hydrogens (tertiary/aromatic N) is 5. The molecule has 6 nitrogen and oxygen atoms in total. The maximum atomic E-state index is 12.3. The molecule has 0 radical (unpaired) electrons. The Morgan fingerprint density at radius 1 is 1.43 bits per heavy atom. The first-order valence-electron chi connectivity index (χ1n) is 7.89. The molecule has 1 aliphatic heterocycles. The molecule has 1 saturated heterocycles. The van der Waals surface area contributed by atoms with Gasteiger partial charge in [-0.3, -0.25) is 4.79 Å². The largest absolute Gasteiger partial charge is 0.355 e. The monoisotopic (exact) mass is 331 g/mol. The number of piperidine rings is 1. The molecule has 0 unspecified atom stereocenters. The number of carbonyl (C=O) groups is 1. The van der Waals surface area contributed by atoms with Gasteiger partial charge in [0.2, 0.25) is 5.91 Å². The summed E-state index contributed by atoms with van der Waals surface area (Å²) in [4.78, 5) is 20.7. The Balaban J connectivity index is 1.47. The zero-order valence-electron chi connectivity index (χ0n) is 13.3. The van der Waals surface area contributed by atoms with Crippen LogP contribution in [0.25, 0.3) is 0 Å². The fourth-order valence-corrected chi connectivity index (χ4v) is 3.52. The number of carbonyl (C=O) groups excluding carboxylic acids is 1. The van der Waals surface area contributed by atoms with Crippen LogP contribution in [0.2, 0.25) is 0 Å². The molecular formula is C16H21N5OS. The molecule has 23 heavy (non-hydrogen) atoms. The fraction of sp³-hybridized carbons (Fsp3) is 0.500. The average Bonchev–Trinajstić information content (AvgIpc) is 3.13. The van der Waals surface area contributed by atoms with Gasteiger partial charge in [0.25, 0.3) is 0 Å². The SMILES string of the molecule is CN(c1cccnn1)C1CCN(C(=O)CCc2cscn2)CC1. The summed E-state index contributed by atoms with van der Waals surface area (Å²) in [7, 11) is 2.05. The number of amides is 1. The summed E-state index contributed by atoms with van der Waals surface area (Å²) in [6.07, 6.45) is 4.90. The van der Waals surface area contributed by atoms with Crippen LogP contribution in [0, 0.1) is 0 Å². The van der Waals surface area contributed by atoms with Gasteiger partial charge in [-0.15, -0.1) is 16.4 Å². The van der Waals surface area contributed by atoms with E-state index >= 15 is 0 Å². The molecule has 0 aliphatic carbocycles. The number of anilines is 1. The van der Waals surface area contributed by atoms with E-state index in [1.54, 1.807) is 17.5 Å². The van der Waals surface area contributed by atoms with Crippen LogP contribution in [0.1, 0.15) is 25.0 Å². The quantitative estimate of drug-likeness (QED) is 0.838. The third-order valence-electron chi connectivity index (χ3n) is 4.36. The van der Waals surface area contributed by atoms with E-state index < -0.39 is 0 Å². The van der Waals surface area contributed by atoms with Gasteiger partial charge in [0, 0.05) is 44.2 Å². The van der Waals surface area contributed by atoms with Crippen LogP contribution >= 0.6 is 11.3 Å². The number of likely N-dealkylation sites (tertiary alicyclic amines) is 1. The highest BCUT2D eigenvalue weighted by molar-refractivity contribution is 7.07. The van der Waals surface area contributed by atoms with Crippen molar-refractivity contribution in [2.24, 2.45) is 0 Å². The van der Waals surface area contributed by atoms with E-state index in [4.69, 9.17) is 0 Å². The summed E-state index contributed by atoms with van der Waals surface area (Å²) < 4.78 is 0. The molecule has 1 amide bonds. The lowest BCUT2D eigenvalue weighted by Gasteiger charge is -2.37. The lowest BCUT2D eigenvalue weighted by Crippen LogP contribution is -2.46. The van der Waals surface area contributed by atoms with Crippen molar-refractivity contribution in [3.05, 3.63) is 34.9 Å². The number of rotatable bonds is 5. The van der Waals surface area contributed by atoms with Crippen molar-refractivity contribution in [1.82, 2.24) is 20.1 Å². The zero-order valence-corrected chi connectivity index (χ0v) is 14.1. The van der Waals surface area contributed by atoms with Crippen LogP contribution < -0.4 is 4.90 Å². The van der Waals surface area contributed by atoms with Crippen LogP contribution in [0.3, 0.4) is 0 Å². The smallest absolute Gasteiger partial charge is 0.222 e. The van der Waals surface area contributed by atoms with Crippen molar-refractivity contribution in [3.63, 3.8) is 0 Å². The Kier molecular flexibility index (Phi) is 5.17. The minimum atomic E-state index is 0.235. The standard InChI is InChI=1S/C16H21N5OS/c1-20(15-3-2-8-18-19-15)14-6-9-21(10-7-14)16(22)5-4-13-11-23-12-17-13/h2-3,8,11-12,14H,4-7,9-10H2,1H3. The second-order valence-corrected chi connectivity index (χ2v) is 6.50. The van der Waals surface area contributed by atoms with E-state index in [2.05, 4.69) is 27.1 Å². The predicted octanol–water partition coefficient (Wildman–Crippen LogP) is 1.99. The van der Waals surface area contributed by atoms with Gasteiger partial charge >= 0.3 is 0 Å². The summed E-state index contributed by atoms with van der Waals surface area (Å²) in [6.45, 7) is 1.62. The maximum Gasteiger partial charge on any atom is 0.222 e. The van der Waals surface area contributed by atoms with Gasteiger partial charge in [-0.05, 0) is 31.4 Å². The Morgan fingerprint density at radius 3 is 2.91 bits per heavy atom. The molecule has 3 heterocycles. The lowest BCUT2D eigenvalue weighted by atomic mass is 10.0. The highest BCUT2D eigenvalue weighted by Gasteiger charge is 2.25. The van der Waals surface area contributed by atoms with Crippen LogP contribution in [0.4, 0.5) is 5.82 Å². The van der Waals surface area contributed by atoms with Crippen molar-refractivity contribution >= 4 is 23.1 Å². The van der Waals surface area contributed by atoms with E-state index in [0.29, 0.717) is 12.5 Å². The Bertz CT molecular complexity index is 611. The molecule has 122 valence electrons. The molecule has 7 heteroatoms. The van der Waals surface area contributed by atoms with Gasteiger partial charge in [0.1, 0.15) is 0 Å². The van der Waals surface area contributed by atoms with Gasteiger partial charge in [-0.25, -0.2) is 4.98 Å². The molecule has 1 aliphatic rings. The van der Waals surface area contributed by atoms with Crippen molar-refractivity contribution < 1.29 is 4.79 Å². The molecule has 0 N–H and O–H groups in total. The van der Waals surface area contributed by atoms with Crippen molar-refractivity contribution in [2.75, 3.05) is 25.0 Å². The fourth-order valence-electron chi connectivity index (χ4n) is 2.93. The molecule has 2 aromatic rings. The number of hydrogen-bond acceptors (Lipinski definition) is 6. The molecule has 3 rings (SSSR count). The average molecular weight is 331 g/mol. The van der Waals surface area contributed by atoms with E-state index in [1.807, 2.05) is 27.9 Å². The normalized spacial score (nSPS) is 15.6. The second kappa shape index (κ2) is 7.50. The number of thiazole rings is 1. The molecule has 0 aromatic carbocycles. The third-order valence-corrected chi connectivity index (χ3v) is 5.00. The number of hydrogen-bond donors (Lipinski definition) is 0. The number of aromatic nitrogens is 3. The predicted molar refractivity (Wildman–Crippen MR) is 90.5 cm³/mol. The Labute approximate surface area is 140 Å². The summed E-state index contributed by atoms with van der Waals surface area (Å²) in [6, 6.07) is 4.28. The molecule has 0 spiro atoms. The minimum Gasteiger partial charge on any atom is -0.355 e. The zero-order chi connectivity index (χ0) is 16.1. The van der Waals surface area contributed by atoms with Gasteiger partial charge in [0.15, 0.2) is 5.82 Å². The molecule has 0 bridgehead atoms. The van der Waals surface area contributed by atoms with Gasteiger partial charge in [-0.1, -0.05) is 0 Å². The van der Waals surface area contributed by atoms with Crippen LogP contribution in [-0.2, 0) is 11.2 Å². The first-order valence-corrected chi connectivity index (χ1v) is 8.83. The number of aryl methyl sites for hydroxylation is 1. The molecule has 0 atom stereocenters. The summed E-state index contributed by atoms with van der Waals surface area (Å²) in [5, 5.41) is 10.1. The van der Waals surface area contributed by atoms with E-state index in [9.17, 15) is 4.79 Å². The minimum absolute atomic E-state index is 0.235. The summed E-state index contributed by atoms with van der Waals surface area (Å²) in [5.74, 6) is 1.12. The first-order chi connectivity index (χ1) is 11.2. The van der Waals surface area contributed by atoms with E-state index in [1.165, 1.54) is 0 Å². The van der Waals surface area contributed by atoms with Crippen LogP contribution in [0.15, 0.2) is 29.2 Å². The van der Waals surface area contributed by atoms with E-state index in [0.717, 1.165) is 43.9 Å². The molecule has 0 saturated carbocycles. The molecule has 2 aromatic heterocycles. The van der Waals surface area contributed by atoms with Gasteiger partial charge < -0.3 is 9.80 Å². The maximum absolute atomic E-state index is 12.3. The van der Waals surface area contributed by atoms with Crippen LogP contribution in [0.5, 0.6) is 0 Å². The molecule has 1 fully saturated rings. The summed E-state index contributed by atoms with van der Waals surface area (Å²) >= 11 is 1.58. The molecular weight excluding hydrogens is 310 g/mol. The van der Waals surface area contributed by atoms with Gasteiger partial charge in [-0.2, -0.15) is 5.10 Å². The Morgan fingerprint density at radius 2 is 2.26 bits per heavy atom. The topological polar surface area (TPSA) is 62.2 Å². The highest BCUT2D eigenvalue weighted by atomic mass is 32.1. The van der Waals surface area contributed by atoms with Gasteiger partial charge in [0.05, 0.1) is 11.2 Å². The van der Waals surface area contributed by atoms with Crippen LogP contribution in [-0.4, -0.2) is 52.2 Å². The van der Waals surface area contributed by atoms with E-state index in [-0.39, 0.29) is 5.91 Å². The first kappa shape index (κ1) is 15.9. The van der Waals surface area contributed by atoms with Crippen molar-refractivity contribution in [2.45, 2.75) is 31.7 Å². The summed E-state index contributed by atoms with van der Waals surface area (Å²) in [5.41, 5.74) is 2.83. The van der Waals surface area contributed by atoms with Crippen molar-refractivity contribution in [3.8, 4) is 0 Å². The second-order valence-electron chi connectivity index (χ2n) is 5.78. The Hall–Kier alpha value is -2.02.